The molecule has 2 unspecified atom stereocenters. The molecule has 2 N–H and O–H groups in total. The van der Waals surface area contributed by atoms with Gasteiger partial charge in [0.2, 0.25) is 5.91 Å². The molecule has 0 aliphatic heterocycles. The van der Waals surface area contributed by atoms with E-state index in [2.05, 4.69) is 11.9 Å². The van der Waals surface area contributed by atoms with Crippen molar-refractivity contribution >= 4 is 11.9 Å². The zero-order valence-corrected chi connectivity index (χ0v) is 12.6. The van der Waals surface area contributed by atoms with Gasteiger partial charge in [-0.2, -0.15) is 0 Å². The molecule has 0 aliphatic rings. The van der Waals surface area contributed by atoms with E-state index < -0.39 is 12.0 Å². The Morgan fingerprint density at radius 3 is 2.33 bits per heavy atom. The molecule has 114 valence electrons. The summed E-state index contributed by atoms with van der Waals surface area (Å²) in [5.74, 6) is -1.09. The number of hydrogen-bond acceptors (Lipinski definition) is 3. The number of nitrogens with one attached hydrogen (secondary N) is 1. The molecule has 0 fully saturated rings. The van der Waals surface area contributed by atoms with Crippen LogP contribution in [0.2, 0.25) is 0 Å². The Morgan fingerprint density at radius 1 is 1.33 bits per heavy atom. The summed E-state index contributed by atoms with van der Waals surface area (Å²) < 4.78 is 5.03. The highest BCUT2D eigenvalue weighted by Crippen LogP contribution is 2.19. The molecule has 1 rings (SSSR count). The zero-order chi connectivity index (χ0) is 16.0. The summed E-state index contributed by atoms with van der Waals surface area (Å²) >= 11 is 0. The Bertz CT molecular complexity index is 522. The van der Waals surface area contributed by atoms with E-state index in [1.165, 1.54) is 7.11 Å². The molecule has 0 radical (unpaired) electrons. The van der Waals surface area contributed by atoms with Gasteiger partial charge in [-0.15, -0.1) is 6.58 Å². The van der Waals surface area contributed by atoms with Gasteiger partial charge >= 0.3 is 5.97 Å². The third-order valence-corrected chi connectivity index (χ3v) is 3.08. The summed E-state index contributed by atoms with van der Waals surface area (Å²) in [6.45, 7) is 7.34. The number of carbonyl (C=O) groups is 2. The second kappa shape index (κ2) is 7.47. The lowest BCUT2D eigenvalue weighted by Gasteiger charge is -2.18. The molecule has 1 amide bonds. The second-order valence-corrected chi connectivity index (χ2v) is 5.12. The Hall–Kier alpha value is -2.30. The van der Waals surface area contributed by atoms with Gasteiger partial charge in [0.25, 0.3) is 0 Å². The number of allylic oxidation sites excluding steroid dienone is 1. The van der Waals surface area contributed by atoms with Gasteiger partial charge in [0.1, 0.15) is 5.75 Å². The van der Waals surface area contributed by atoms with Crippen LogP contribution >= 0.6 is 0 Å². The van der Waals surface area contributed by atoms with Gasteiger partial charge in [-0.1, -0.05) is 24.6 Å². The van der Waals surface area contributed by atoms with Crippen LogP contribution in [-0.4, -0.2) is 24.1 Å². The van der Waals surface area contributed by atoms with Gasteiger partial charge in [-0.25, -0.2) is 4.79 Å². The Kier molecular flexibility index (Phi) is 5.96. The molecular formula is C16H21NO4. The fraction of sp³-hybridized carbons (Fsp3) is 0.375. The molecule has 21 heavy (non-hydrogen) atoms. The molecule has 1 aromatic carbocycles. The lowest BCUT2D eigenvalue weighted by Crippen LogP contribution is -2.37. The van der Waals surface area contributed by atoms with Crippen molar-refractivity contribution in [3.63, 3.8) is 0 Å². The number of ether oxygens (including phenoxy) is 1. The summed E-state index contributed by atoms with van der Waals surface area (Å²) in [6, 6.07) is 5.50. The number of benzene rings is 1. The summed E-state index contributed by atoms with van der Waals surface area (Å²) in [6.07, 6.45) is 0.529. The van der Waals surface area contributed by atoms with Crippen LogP contribution in [0.3, 0.4) is 0 Å². The van der Waals surface area contributed by atoms with Crippen molar-refractivity contribution in [1.82, 2.24) is 5.32 Å². The van der Waals surface area contributed by atoms with Gasteiger partial charge in [0.15, 0.2) is 6.04 Å². The molecule has 5 heteroatoms. The van der Waals surface area contributed by atoms with E-state index in [4.69, 9.17) is 4.74 Å². The summed E-state index contributed by atoms with van der Waals surface area (Å²) in [5, 5.41) is 11.9. The molecule has 1 aromatic rings. The largest absolute Gasteiger partial charge is 0.497 e. The van der Waals surface area contributed by atoms with E-state index in [1.807, 2.05) is 6.92 Å². The number of carbonyl (C=O) groups excluding carboxylic acids is 1. The zero-order valence-electron chi connectivity index (χ0n) is 12.6. The predicted octanol–water partition coefficient (Wildman–Crippen LogP) is 2.54. The molecule has 0 heterocycles. The number of aliphatic carboxylic acids is 1. The maximum Gasteiger partial charge on any atom is 0.330 e. The first-order valence-corrected chi connectivity index (χ1v) is 6.66. The number of rotatable bonds is 7. The average molecular weight is 291 g/mol. The van der Waals surface area contributed by atoms with Crippen LogP contribution in [0, 0.1) is 5.92 Å². The van der Waals surface area contributed by atoms with Crippen molar-refractivity contribution in [3.05, 3.63) is 42.0 Å². The fourth-order valence-corrected chi connectivity index (χ4v) is 1.98. The lowest BCUT2D eigenvalue weighted by atomic mass is 10.0. The van der Waals surface area contributed by atoms with Crippen LogP contribution in [0.1, 0.15) is 31.9 Å². The first kappa shape index (κ1) is 16.8. The van der Waals surface area contributed by atoms with Crippen molar-refractivity contribution in [1.29, 1.82) is 0 Å². The van der Waals surface area contributed by atoms with Gasteiger partial charge < -0.3 is 15.2 Å². The third-order valence-electron chi connectivity index (χ3n) is 3.08. The predicted molar refractivity (Wildman–Crippen MR) is 80.1 cm³/mol. The van der Waals surface area contributed by atoms with Gasteiger partial charge in [0.05, 0.1) is 7.11 Å². The fourth-order valence-electron chi connectivity index (χ4n) is 1.98. The SMILES string of the molecule is C=C(C)CC(C)C(=O)NC(C(=O)O)c1ccc(OC)cc1. The number of carboxylic acid groups (broad SMARTS) is 1. The molecule has 0 aromatic heterocycles. The highest BCUT2D eigenvalue weighted by molar-refractivity contribution is 5.85. The van der Waals surface area contributed by atoms with Gasteiger partial charge in [-0.3, -0.25) is 4.79 Å². The summed E-state index contributed by atoms with van der Waals surface area (Å²) in [4.78, 5) is 23.4. The lowest BCUT2D eigenvalue weighted by molar-refractivity contribution is -0.142. The van der Waals surface area contributed by atoms with Crippen molar-refractivity contribution in [2.45, 2.75) is 26.3 Å². The molecule has 5 nitrogen and oxygen atoms in total. The van der Waals surface area contributed by atoms with E-state index in [1.54, 1.807) is 31.2 Å². The molecule has 0 aliphatic carbocycles. The first-order valence-electron chi connectivity index (χ1n) is 6.66. The molecule has 0 saturated heterocycles. The first-order chi connectivity index (χ1) is 9.85. The standard InChI is InChI=1S/C16H21NO4/c1-10(2)9-11(3)15(18)17-14(16(19)20)12-5-7-13(21-4)8-6-12/h5-8,11,14H,1,9H2,2-4H3,(H,17,18)(H,19,20). The quantitative estimate of drug-likeness (QED) is 0.757. The molecule has 2 atom stereocenters. The Morgan fingerprint density at radius 2 is 1.90 bits per heavy atom. The van der Waals surface area contributed by atoms with Gasteiger partial charge in [0, 0.05) is 5.92 Å². The highest BCUT2D eigenvalue weighted by atomic mass is 16.5. The highest BCUT2D eigenvalue weighted by Gasteiger charge is 2.24. The topological polar surface area (TPSA) is 75.6 Å². The van der Waals surface area contributed by atoms with Gasteiger partial charge in [-0.05, 0) is 31.0 Å². The Balaban J connectivity index is 2.84. The molecule has 0 saturated carbocycles. The third kappa shape index (κ3) is 4.95. The van der Waals surface area contributed by atoms with Crippen LogP contribution in [0.15, 0.2) is 36.4 Å². The van der Waals surface area contributed by atoms with E-state index in [-0.39, 0.29) is 11.8 Å². The van der Waals surface area contributed by atoms with Crippen LogP contribution in [0.5, 0.6) is 5.75 Å². The molecule has 0 spiro atoms. The maximum atomic E-state index is 12.0. The average Bonchev–Trinajstić information content (AvgIpc) is 2.43. The van der Waals surface area contributed by atoms with Crippen molar-refractivity contribution < 1.29 is 19.4 Å². The summed E-state index contributed by atoms with van der Waals surface area (Å²) in [7, 11) is 1.53. The van der Waals surface area contributed by atoms with E-state index in [0.29, 0.717) is 17.7 Å². The smallest absolute Gasteiger partial charge is 0.330 e. The number of amides is 1. The van der Waals surface area contributed by atoms with Crippen molar-refractivity contribution in [3.8, 4) is 5.75 Å². The molecule has 0 bridgehead atoms. The van der Waals surface area contributed by atoms with Crippen LogP contribution in [0.25, 0.3) is 0 Å². The summed E-state index contributed by atoms with van der Waals surface area (Å²) in [5.41, 5.74) is 1.38. The van der Waals surface area contributed by atoms with Crippen molar-refractivity contribution in [2.24, 2.45) is 5.92 Å². The van der Waals surface area contributed by atoms with E-state index in [9.17, 15) is 14.7 Å². The van der Waals surface area contributed by atoms with E-state index in [0.717, 1.165) is 5.57 Å². The monoisotopic (exact) mass is 291 g/mol. The van der Waals surface area contributed by atoms with Crippen LogP contribution in [0.4, 0.5) is 0 Å². The van der Waals surface area contributed by atoms with Crippen LogP contribution < -0.4 is 10.1 Å². The number of methoxy groups -OCH3 is 1. The van der Waals surface area contributed by atoms with Crippen LogP contribution in [-0.2, 0) is 9.59 Å². The minimum absolute atomic E-state index is 0.304. The van der Waals surface area contributed by atoms with E-state index >= 15 is 0 Å². The second-order valence-electron chi connectivity index (χ2n) is 5.12. The Labute approximate surface area is 124 Å². The normalized spacial score (nSPS) is 13.1. The van der Waals surface area contributed by atoms with Crippen molar-refractivity contribution in [2.75, 3.05) is 7.11 Å². The number of carboxylic acids is 1. The minimum Gasteiger partial charge on any atom is -0.497 e. The molecular weight excluding hydrogens is 270 g/mol. The maximum absolute atomic E-state index is 12.0. The number of hydrogen-bond donors (Lipinski definition) is 2. The minimum atomic E-state index is -1.10.